The van der Waals surface area contributed by atoms with Crippen LogP contribution in [0.2, 0.25) is 0 Å². The van der Waals surface area contributed by atoms with Crippen molar-refractivity contribution in [3.8, 4) is 5.75 Å². The molecule has 0 bridgehead atoms. The smallest absolute Gasteiger partial charge is 0.210 e. The Balaban J connectivity index is 2.74. The molecule has 0 atom stereocenters. The van der Waals surface area contributed by atoms with E-state index < -0.39 is 15.6 Å². The monoisotopic (exact) mass is 224 g/mol. The zero-order chi connectivity index (χ0) is 11.2. The summed E-state index contributed by atoms with van der Waals surface area (Å²) in [6.07, 6.45) is 1.28. The van der Waals surface area contributed by atoms with Crippen molar-refractivity contribution in [3.63, 3.8) is 0 Å². The number of rotatable bonds is 1. The van der Waals surface area contributed by atoms with E-state index in [1.165, 1.54) is 31.2 Å². The van der Waals surface area contributed by atoms with Crippen LogP contribution in [-0.4, -0.2) is 19.3 Å². The van der Waals surface area contributed by atoms with Crippen LogP contribution in [-0.2, 0) is 14.6 Å². The number of allylic oxidation sites excluding steroid dienone is 1. The summed E-state index contributed by atoms with van der Waals surface area (Å²) in [5.74, 6) is -0.518. The van der Waals surface area contributed by atoms with Gasteiger partial charge in [-0.2, -0.15) is 0 Å². The van der Waals surface area contributed by atoms with Crippen molar-refractivity contribution in [2.45, 2.75) is 11.8 Å². The molecule has 2 rings (SSSR count). The van der Waals surface area contributed by atoms with Gasteiger partial charge in [-0.05, 0) is 36.8 Å². The van der Waals surface area contributed by atoms with Crippen LogP contribution in [0, 0.1) is 0 Å². The van der Waals surface area contributed by atoms with Crippen molar-refractivity contribution in [1.29, 1.82) is 0 Å². The van der Waals surface area contributed by atoms with Crippen molar-refractivity contribution < 1.29 is 18.3 Å². The summed E-state index contributed by atoms with van der Waals surface area (Å²) in [5, 5.41) is 9.18. The van der Waals surface area contributed by atoms with E-state index in [1.807, 2.05) is 0 Å². The van der Waals surface area contributed by atoms with Gasteiger partial charge in [-0.15, -0.1) is 0 Å². The predicted molar refractivity (Wildman–Crippen MR) is 54.0 cm³/mol. The maximum absolute atomic E-state index is 11.8. The third kappa shape index (κ3) is 1.35. The highest BCUT2D eigenvalue weighted by atomic mass is 32.2. The van der Waals surface area contributed by atoms with Crippen LogP contribution in [0.25, 0.3) is 6.08 Å². The van der Waals surface area contributed by atoms with Gasteiger partial charge in [0.2, 0.25) is 9.84 Å². The molecule has 0 radical (unpaired) electrons. The first-order valence-electron chi connectivity index (χ1n) is 4.23. The second-order valence-corrected chi connectivity index (χ2v) is 5.18. The van der Waals surface area contributed by atoms with Crippen molar-refractivity contribution in [2.75, 3.05) is 0 Å². The van der Waals surface area contributed by atoms with Gasteiger partial charge in [-0.25, -0.2) is 8.42 Å². The van der Waals surface area contributed by atoms with Gasteiger partial charge >= 0.3 is 0 Å². The van der Waals surface area contributed by atoms with Gasteiger partial charge in [0.15, 0.2) is 5.78 Å². The zero-order valence-electron chi connectivity index (χ0n) is 7.89. The van der Waals surface area contributed by atoms with Gasteiger partial charge in [0.05, 0.1) is 4.90 Å². The number of hydrogen-bond acceptors (Lipinski definition) is 4. The molecule has 0 aromatic heterocycles. The Morgan fingerprint density at radius 2 is 2.00 bits per heavy atom. The molecule has 1 aromatic rings. The summed E-state index contributed by atoms with van der Waals surface area (Å²) >= 11 is 0. The van der Waals surface area contributed by atoms with Crippen LogP contribution in [0.15, 0.2) is 28.0 Å². The quantitative estimate of drug-likeness (QED) is 0.775. The van der Waals surface area contributed by atoms with E-state index >= 15 is 0 Å². The van der Waals surface area contributed by atoms with Gasteiger partial charge in [0.1, 0.15) is 10.7 Å². The second kappa shape index (κ2) is 2.93. The van der Waals surface area contributed by atoms with Gasteiger partial charge in [-0.3, -0.25) is 4.79 Å². The van der Waals surface area contributed by atoms with E-state index in [2.05, 4.69) is 0 Å². The number of fused-ring (bicyclic) bond motifs is 1. The lowest BCUT2D eigenvalue weighted by molar-refractivity contribution is -0.112. The first-order chi connectivity index (χ1) is 6.93. The number of benzene rings is 1. The Kier molecular flexibility index (Phi) is 1.94. The number of ketones is 1. The normalized spacial score (nSPS) is 17.0. The van der Waals surface area contributed by atoms with Crippen LogP contribution < -0.4 is 0 Å². The summed E-state index contributed by atoms with van der Waals surface area (Å²) in [4.78, 5) is 11.0. The maximum Gasteiger partial charge on any atom is 0.210 e. The standard InChI is InChI=1S/C10H8O4S/c1-6(11)10-5-7-4-8(12)2-3-9(7)15(10,13)14/h2-5,12H,1H3. The first-order valence-corrected chi connectivity index (χ1v) is 5.72. The van der Waals surface area contributed by atoms with Crippen LogP contribution in [0.5, 0.6) is 5.75 Å². The minimum Gasteiger partial charge on any atom is -0.508 e. The van der Waals surface area contributed by atoms with Crippen LogP contribution in [0.3, 0.4) is 0 Å². The van der Waals surface area contributed by atoms with E-state index in [0.29, 0.717) is 5.56 Å². The lowest BCUT2D eigenvalue weighted by atomic mass is 10.2. The molecule has 0 amide bonds. The van der Waals surface area contributed by atoms with Crippen molar-refractivity contribution in [2.24, 2.45) is 0 Å². The summed E-state index contributed by atoms with van der Waals surface area (Å²) in [5.41, 5.74) is 0.361. The zero-order valence-corrected chi connectivity index (χ0v) is 8.71. The maximum atomic E-state index is 11.8. The molecule has 4 nitrogen and oxygen atoms in total. The fraction of sp³-hybridized carbons (Fsp3) is 0.100. The number of phenols is 1. The molecule has 1 heterocycles. The molecule has 0 spiro atoms. The van der Waals surface area contributed by atoms with Crippen molar-refractivity contribution >= 4 is 21.7 Å². The SMILES string of the molecule is CC(=O)C1=Cc2cc(O)ccc2S1(=O)=O. The Hall–Kier alpha value is -1.62. The van der Waals surface area contributed by atoms with Crippen molar-refractivity contribution in [1.82, 2.24) is 0 Å². The highest BCUT2D eigenvalue weighted by Crippen LogP contribution is 2.34. The largest absolute Gasteiger partial charge is 0.508 e. The average molecular weight is 224 g/mol. The number of carbonyl (C=O) groups is 1. The molecule has 0 saturated heterocycles. The van der Waals surface area contributed by atoms with Crippen LogP contribution in [0.4, 0.5) is 0 Å². The van der Waals surface area contributed by atoms with Crippen LogP contribution >= 0.6 is 0 Å². The van der Waals surface area contributed by atoms with E-state index in [4.69, 9.17) is 0 Å². The minimum atomic E-state index is -3.66. The summed E-state index contributed by atoms with van der Waals surface area (Å²) in [7, 11) is -3.66. The third-order valence-electron chi connectivity index (χ3n) is 2.21. The molecule has 0 saturated carbocycles. The number of carbonyl (C=O) groups excluding carboxylic acids is 1. The third-order valence-corrected chi connectivity index (χ3v) is 4.14. The molecular weight excluding hydrogens is 216 g/mol. The lowest BCUT2D eigenvalue weighted by Crippen LogP contribution is -2.06. The summed E-state index contributed by atoms with van der Waals surface area (Å²) in [6.45, 7) is 1.20. The topological polar surface area (TPSA) is 71.4 Å². The lowest BCUT2D eigenvalue weighted by Gasteiger charge is -2.00. The van der Waals surface area contributed by atoms with Gasteiger partial charge in [-0.1, -0.05) is 0 Å². The average Bonchev–Trinajstić information content (AvgIpc) is 2.37. The van der Waals surface area contributed by atoms with Gasteiger partial charge in [0, 0.05) is 0 Å². The van der Waals surface area contributed by atoms with E-state index in [1.54, 1.807) is 0 Å². The molecule has 1 aliphatic rings. The first kappa shape index (κ1) is 9.92. The molecule has 1 aromatic carbocycles. The van der Waals surface area contributed by atoms with Gasteiger partial charge in [0.25, 0.3) is 0 Å². The molecule has 1 N–H and O–H groups in total. The predicted octanol–water partition coefficient (Wildman–Crippen LogP) is 1.11. The van der Waals surface area contributed by atoms with Crippen molar-refractivity contribution in [3.05, 3.63) is 28.7 Å². The van der Waals surface area contributed by atoms with E-state index in [9.17, 15) is 18.3 Å². The Labute approximate surface area is 86.8 Å². The Morgan fingerprint density at radius 3 is 2.60 bits per heavy atom. The number of Topliss-reactive ketones (excluding diaryl/α,β-unsaturated/α-hetero) is 1. The molecule has 5 heteroatoms. The highest BCUT2D eigenvalue weighted by Gasteiger charge is 2.32. The highest BCUT2D eigenvalue weighted by molar-refractivity contribution is 7.96. The van der Waals surface area contributed by atoms with Crippen LogP contribution in [0.1, 0.15) is 12.5 Å². The van der Waals surface area contributed by atoms with E-state index in [-0.39, 0.29) is 15.6 Å². The number of hydrogen-bond donors (Lipinski definition) is 1. The minimum absolute atomic E-state index is 0.0231. The Bertz CT molecular complexity index is 581. The van der Waals surface area contributed by atoms with Gasteiger partial charge < -0.3 is 5.11 Å². The molecule has 0 aliphatic carbocycles. The number of aromatic hydroxyl groups is 1. The molecule has 78 valence electrons. The fourth-order valence-electron chi connectivity index (χ4n) is 1.52. The number of phenolic OH excluding ortho intramolecular Hbond substituents is 1. The summed E-state index contributed by atoms with van der Waals surface area (Å²) in [6, 6.07) is 3.91. The molecule has 1 aliphatic heterocycles. The molecule has 15 heavy (non-hydrogen) atoms. The fourth-order valence-corrected chi connectivity index (χ4v) is 3.09. The number of sulfone groups is 1. The summed E-state index contributed by atoms with van der Waals surface area (Å²) < 4.78 is 23.5. The molecule has 0 fully saturated rings. The Morgan fingerprint density at radius 1 is 1.33 bits per heavy atom. The van der Waals surface area contributed by atoms with E-state index in [0.717, 1.165) is 0 Å². The molecular formula is C10H8O4S. The molecule has 0 unspecified atom stereocenters. The second-order valence-electron chi connectivity index (χ2n) is 3.29.